The highest BCUT2D eigenvalue weighted by molar-refractivity contribution is 5.85. The first-order valence-corrected chi connectivity index (χ1v) is 5.21. The van der Waals surface area contributed by atoms with Crippen LogP contribution in [0.25, 0.3) is 0 Å². The van der Waals surface area contributed by atoms with Gasteiger partial charge in [0.1, 0.15) is 5.70 Å². The lowest BCUT2D eigenvalue weighted by Gasteiger charge is -2.34. The van der Waals surface area contributed by atoms with E-state index in [0.29, 0.717) is 0 Å². The Morgan fingerprint density at radius 2 is 2.00 bits per heavy atom. The highest BCUT2D eigenvalue weighted by Gasteiger charge is 2.25. The van der Waals surface area contributed by atoms with E-state index < -0.39 is 0 Å². The summed E-state index contributed by atoms with van der Waals surface area (Å²) in [6.45, 7) is 4.18. The lowest BCUT2D eigenvalue weighted by molar-refractivity contribution is -0.114. The SMILES string of the molecule is C1=CN2ONC=C2C(N2CCNCC2)=C1.Cl. The van der Waals surface area contributed by atoms with E-state index in [9.17, 15) is 0 Å². The summed E-state index contributed by atoms with van der Waals surface area (Å²) < 4.78 is 0. The molecular formula is C10H15ClN4O. The van der Waals surface area contributed by atoms with Gasteiger partial charge < -0.3 is 10.2 Å². The van der Waals surface area contributed by atoms with E-state index in [0.717, 1.165) is 31.9 Å². The van der Waals surface area contributed by atoms with Crippen LogP contribution in [0.2, 0.25) is 0 Å². The number of fused-ring (bicyclic) bond motifs is 1. The number of halogens is 1. The van der Waals surface area contributed by atoms with E-state index >= 15 is 0 Å². The van der Waals surface area contributed by atoms with Crippen LogP contribution in [0.15, 0.2) is 35.9 Å². The molecule has 6 heteroatoms. The molecule has 0 radical (unpaired) electrons. The molecule has 3 rings (SSSR count). The van der Waals surface area contributed by atoms with Crippen LogP contribution in [-0.2, 0) is 4.94 Å². The molecule has 1 fully saturated rings. The molecule has 2 N–H and O–H groups in total. The fourth-order valence-corrected chi connectivity index (χ4v) is 2.02. The van der Waals surface area contributed by atoms with E-state index in [1.54, 1.807) is 5.06 Å². The van der Waals surface area contributed by atoms with Crippen molar-refractivity contribution in [1.29, 1.82) is 0 Å². The Kier molecular flexibility index (Phi) is 3.38. The molecule has 3 aliphatic rings. The third-order valence-electron chi connectivity index (χ3n) is 2.78. The summed E-state index contributed by atoms with van der Waals surface area (Å²) in [6.07, 6.45) is 7.92. The van der Waals surface area contributed by atoms with Crippen molar-refractivity contribution < 1.29 is 4.94 Å². The number of hydroxylamine groups is 3. The van der Waals surface area contributed by atoms with Crippen molar-refractivity contribution in [2.75, 3.05) is 26.2 Å². The molecule has 3 heterocycles. The van der Waals surface area contributed by atoms with Gasteiger partial charge in [-0.3, -0.25) is 0 Å². The zero-order chi connectivity index (χ0) is 10.1. The number of hydrogen-bond donors (Lipinski definition) is 2. The molecule has 3 aliphatic heterocycles. The van der Waals surface area contributed by atoms with Crippen LogP contribution in [0.1, 0.15) is 0 Å². The van der Waals surface area contributed by atoms with Gasteiger partial charge in [0.15, 0.2) is 0 Å². The second kappa shape index (κ2) is 4.78. The smallest absolute Gasteiger partial charge is 0.113 e. The number of rotatable bonds is 1. The van der Waals surface area contributed by atoms with Crippen LogP contribution >= 0.6 is 12.4 Å². The predicted octanol–water partition coefficient (Wildman–Crippen LogP) is 0.318. The Balaban J connectivity index is 0.000000963. The second-order valence-electron chi connectivity index (χ2n) is 3.69. The molecule has 0 aliphatic carbocycles. The third kappa shape index (κ3) is 1.89. The molecular weight excluding hydrogens is 228 g/mol. The summed E-state index contributed by atoms with van der Waals surface area (Å²) in [7, 11) is 0. The summed E-state index contributed by atoms with van der Waals surface area (Å²) in [5, 5.41) is 5.09. The molecule has 0 saturated carbocycles. The van der Waals surface area contributed by atoms with Gasteiger partial charge in [0.2, 0.25) is 0 Å². The number of nitrogens with zero attached hydrogens (tertiary/aromatic N) is 2. The topological polar surface area (TPSA) is 39.8 Å². The van der Waals surface area contributed by atoms with Gasteiger partial charge in [-0.25, -0.2) is 10.5 Å². The van der Waals surface area contributed by atoms with Gasteiger partial charge in [0.05, 0.1) is 11.9 Å². The van der Waals surface area contributed by atoms with Crippen molar-refractivity contribution in [1.82, 2.24) is 20.8 Å². The van der Waals surface area contributed by atoms with Gasteiger partial charge in [-0.15, -0.1) is 12.4 Å². The molecule has 0 aromatic heterocycles. The minimum atomic E-state index is 0. The van der Waals surface area contributed by atoms with Gasteiger partial charge in [-0.05, 0) is 12.2 Å². The first kappa shape index (κ1) is 11.3. The van der Waals surface area contributed by atoms with Crippen molar-refractivity contribution in [2.45, 2.75) is 0 Å². The Hall–Kier alpha value is -1.17. The summed E-state index contributed by atoms with van der Waals surface area (Å²) in [4.78, 5) is 7.57. The minimum Gasteiger partial charge on any atom is -0.367 e. The molecule has 5 nitrogen and oxygen atoms in total. The molecule has 0 amide bonds. The number of nitrogens with one attached hydrogen (secondary N) is 2. The van der Waals surface area contributed by atoms with E-state index in [2.05, 4.69) is 21.8 Å². The van der Waals surface area contributed by atoms with E-state index in [4.69, 9.17) is 4.94 Å². The first-order chi connectivity index (χ1) is 7.45. The van der Waals surface area contributed by atoms with Crippen LogP contribution in [-0.4, -0.2) is 36.1 Å². The molecule has 88 valence electrons. The number of hydrogen-bond acceptors (Lipinski definition) is 5. The normalized spacial score (nSPS) is 23.0. The van der Waals surface area contributed by atoms with Crippen molar-refractivity contribution in [3.63, 3.8) is 0 Å². The summed E-state index contributed by atoms with van der Waals surface area (Å²) in [6, 6.07) is 0. The Bertz CT molecular complexity index is 347. The van der Waals surface area contributed by atoms with Crippen molar-refractivity contribution in [3.05, 3.63) is 35.9 Å². The Labute approximate surface area is 101 Å². The zero-order valence-electron chi connectivity index (χ0n) is 8.85. The van der Waals surface area contributed by atoms with E-state index in [-0.39, 0.29) is 12.4 Å². The van der Waals surface area contributed by atoms with Gasteiger partial charge in [-0.1, -0.05) is 0 Å². The lowest BCUT2D eigenvalue weighted by atomic mass is 10.2. The monoisotopic (exact) mass is 242 g/mol. The van der Waals surface area contributed by atoms with Gasteiger partial charge in [0.25, 0.3) is 0 Å². The third-order valence-corrected chi connectivity index (χ3v) is 2.78. The van der Waals surface area contributed by atoms with E-state index in [1.807, 2.05) is 18.5 Å². The standard InChI is InChI=1S/C10H14N4O.ClH/c1-2-9(13-6-3-11-4-7-13)10-8-12-15-14(10)5-1;/h1-2,5,8,11-12H,3-4,6-7H2;1H. The largest absolute Gasteiger partial charge is 0.367 e. The minimum absolute atomic E-state index is 0. The van der Waals surface area contributed by atoms with Crippen molar-refractivity contribution in [3.8, 4) is 0 Å². The van der Waals surface area contributed by atoms with Crippen LogP contribution in [0.4, 0.5) is 0 Å². The van der Waals surface area contributed by atoms with Crippen LogP contribution in [0.5, 0.6) is 0 Å². The highest BCUT2D eigenvalue weighted by atomic mass is 35.5. The second-order valence-corrected chi connectivity index (χ2v) is 3.69. The van der Waals surface area contributed by atoms with Crippen LogP contribution < -0.4 is 10.8 Å². The Morgan fingerprint density at radius 1 is 1.19 bits per heavy atom. The quantitative estimate of drug-likeness (QED) is 0.693. The van der Waals surface area contributed by atoms with Crippen molar-refractivity contribution in [2.24, 2.45) is 0 Å². The fourth-order valence-electron chi connectivity index (χ4n) is 2.02. The van der Waals surface area contributed by atoms with Gasteiger partial charge in [-0.2, -0.15) is 4.94 Å². The highest BCUT2D eigenvalue weighted by Crippen LogP contribution is 2.26. The molecule has 0 atom stereocenters. The number of allylic oxidation sites excluding steroid dienone is 2. The zero-order valence-corrected chi connectivity index (χ0v) is 9.67. The average Bonchev–Trinajstić information content (AvgIpc) is 2.78. The van der Waals surface area contributed by atoms with Crippen LogP contribution in [0, 0.1) is 0 Å². The molecule has 0 spiro atoms. The lowest BCUT2D eigenvalue weighted by Crippen LogP contribution is -2.44. The van der Waals surface area contributed by atoms with Gasteiger partial charge in [0, 0.05) is 32.4 Å². The van der Waals surface area contributed by atoms with Crippen LogP contribution in [0.3, 0.4) is 0 Å². The molecule has 1 saturated heterocycles. The molecule has 16 heavy (non-hydrogen) atoms. The predicted molar refractivity (Wildman–Crippen MR) is 63.1 cm³/mol. The fraction of sp³-hybridized carbons (Fsp3) is 0.400. The molecule has 0 unspecified atom stereocenters. The maximum Gasteiger partial charge on any atom is 0.113 e. The summed E-state index contributed by atoms with van der Waals surface area (Å²) in [5.41, 5.74) is 5.07. The summed E-state index contributed by atoms with van der Waals surface area (Å²) >= 11 is 0. The molecule has 0 aromatic rings. The molecule has 0 aromatic carbocycles. The first-order valence-electron chi connectivity index (χ1n) is 5.21. The number of piperazine rings is 1. The maximum absolute atomic E-state index is 5.20. The Morgan fingerprint density at radius 3 is 2.81 bits per heavy atom. The van der Waals surface area contributed by atoms with E-state index in [1.165, 1.54) is 5.70 Å². The van der Waals surface area contributed by atoms with Gasteiger partial charge >= 0.3 is 0 Å². The molecule has 0 bridgehead atoms. The average molecular weight is 243 g/mol. The van der Waals surface area contributed by atoms with Crippen molar-refractivity contribution >= 4 is 12.4 Å². The maximum atomic E-state index is 5.20. The summed E-state index contributed by atoms with van der Waals surface area (Å²) in [5.74, 6) is 0.